The fourth-order valence-corrected chi connectivity index (χ4v) is 4.30. The second-order valence-corrected chi connectivity index (χ2v) is 7.58. The first-order chi connectivity index (χ1) is 12.9. The van der Waals surface area contributed by atoms with Crippen LogP contribution in [0.1, 0.15) is 16.1 Å². The molecule has 144 valence electrons. The number of amides is 1. The second kappa shape index (κ2) is 7.12. The van der Waals surface area contributed by atoms with Crippen LogP contribution >= 0.6 is 11.3 Å². The van der Waals surface area contributed by atoms with E-state index < -0.39 is 18.0 Å². The average molecular weight is 397 g/mol. The SMILES string of the molecule is O=C(C1CN(c2ccc(C(F)(F)F)nc2)CCO1)N1CCc2sccc2C1. The van der Waals surface area contributed by atoms with Gasteiger partial charge in [0, 0.05) is 24.5 Å². The molecule has 27 heavy (non-hydrogen) atoms. The summed E-state index contributed by atoms with van der Waals surface area (Å²) in [4.78, 5) is 21.3. The minimum Gasteiger partial charge on any atom is -0.365 e. The van der Waals surface area contributed by atoms with Crippen molar-refractivity contribution in [3.8, 4) is 0 Å². The molecule has 0 aromatic carbocycles. The van der Waals surface area contributed by atoms with Gasteiger partial charge in [0.2, 0.25) is 0 Å². The maximum absolute atomic E-state index is 12.9. The quantitative estimate of drug-likeness (QED) is 0.782. The van der Waals surface area contributed by atoms with Gasteiger partial charge in [0.1, 0.15) is 5.69 Å². The number of ether oxygens (including phenoxy) is 1. The third-order valence-electron chi connectivity index (χ3n) is 4.86. The van der Waals surface area contributed by atoms with E-state index in [0.29, 0.717) is 38.5 Å². The van der Waals surface area contributed by atoms with Crippen LogP contribution in [0.25, 0.3) is 0 Å². The Morgan fingerprint density at radius 3 is 2.85 bits per heavy atom. The number of nitrogens with zero attached hydrogens (tertiary/aromatic N) is 3. The van der Waals surface area contributed by atoms with Crippen LogP contribution in [0.15, 0.2) is 29.8 Å². The van der Waals surface area contributed by atoms with Gasteiger partial charge in [0.15, 0.2) is 6.10 Å². The molecule has 9 heteroatoms. The lowest BCUT2D eigenvalue weighted by Gasteiger charge is -2.37. The van der Waals surface area contributed by atoms with E-state index in [-0.39, 0.29) is 5.91 Å². The summed E-state index contributed by atoms with van der Waals surface area (Å²) in [6, 6.07) is 4.40. The molecule has 0 N–H and O–H groups in total. The number of rotatable bonds is 2. The smallest absolute Gasteiger partial charge is 0.365 e. The molecule has 0 saturated carbocycles. The molecule has 1 atom stereocenters. The van der Waals surface area contributed by atoms with E-state index in [1.165, 1.54) is 22.7 Å². The number of hydrogen-bond donors (Lipinski definition) is 0. The van der Waals surface area contributed by atoms with E-state index in [1.807, 2.05) is 16.3 Å². The van der Waals surface area contributed by atoms with Crippen LogP contribution in [-0.4, -0.2) is 48.1 Å². The van der Waals surface area contributed by atoms with Crippen LogP contribution in [0.5, 0.6) is 0 Å². The van der Waals surface area contributed by atoms with Gasteiger partial charge in [-0.3, -0.25) is 4.79 Å². The molecular weight excluding hydrogens is 379 g/mol. The predicted octanol–water partition coefficient (Wildman–Crippen LogP) is 2.95. The van der Waals surface area contributed by atoms with Crippen molar-refractivity contribution in [1.29, 1.82) is 0 Å². The van der Waals surface area contributed by atoms with Gasteiger partial charge in [-0.05, 0) is 35.6 Å². The number of hydrogen-bond acceptors (Lipinski definition) is 5. The van der Waals surface area contributed by atoms with Crippen molar-refractivity contribution in [3.63, 3.8) is 0 Å². The topological polar surface area (TPSA) is 45.7 Å². The maximum atomic E-state index is 12.9. The Morgan fingerprint density at radius 1 is 1.26 bits per heavy atom. The summed E-state index contributed by atoms with van der Waals surface area (Å²) in [5.74, 6) is -0.0728. The first-order valence-corrected chi connectivity index (χ1v) is 9.53. The molecule has 0 radical (unpaired) electrons. The monoisotopic (exact) mass is 397 g/mol. The first-order valence-electron chi connectivity index (χ1n) is 8.65. The lowest BCUT2D eigenvalue weighted by atomic mass is 10.1. The van der Waals surface area contributed by atoms with Crippen molar-refractivity contribution < 1.29 is 22.7 Å². The molecule has 2 aliphatic heterocycles. The van der Waals surface area contributed by atoms with Gasteiger partial charge in [-0.1, -0.05) is 0 Å². The van der Waals surface area contributed by atoms with Gasteiger partial charge >= 0.3 is 6.18 Å². The highest BCUT2D eigenvalue weighted by atomic mass is 32.1. The van der Waals surface area contributed by atoms with Crippen molar-refractivity contribution in [3.05, 3.63) is 45.9 Å². The highest BCUT2D eigenvalue weighted by molar-refractivity contribution is 7.10. The second-order valence-electron chi connectivity index (χ2n) is 6.58. The molecule has 2 aromatic heterocycles. The van der Waals surface area contributed by atoms with Crippen LogP contribution in [0.3, 0.4) is 0 Å². The van der Waals surface area contributed by atoms with E-state index in [1.54, 1.807) is 16.2 Å². The van der Waals surface area contributed by atoms with Crippen molar-refractivity contribution >= 4 is 22.9 Å². The highest BCUT2D eigenvalue weighted by Gasteiger charge is 2.34. The summed E-state index contributed by atoms with van der Waals surface area (Å²) < 4.78 is 43.7. The van der Waals surface area contributed by atoms with E-state index in [9.17, 15) is 18.0 Å². The summed E-state index contributed by atoms with van der Waals surface area (Å²) in [5, 5.41) is 2.04. The van der Waals surface area contributed by atoms with Crippen molar-refractivity contribution in [2.24, 2.45) is 0 Å². The predicted molar refractivity (Wildman–Crippen MR) is 94.6 cm³/mol. The summed E-state index contributed by atoms with van der Waals surface area (Å²) in [6.07, 6.45) is -3.04. The number of carbonyl (C=O) groups excluding carboxylic acids is 1. The normalized spacial score (nSPS) is 20.5. The van der Waals surface area contributed by atoms with Gasteiger partial charge in [-0.15, -0.1) is 11.3 Å². The molecular formula is C18H18F3N3O2S. The van der Waals surface area contributed by atoms with Crippen LogP contribution in [-0.2, 0) is 28.7 Å². The summed E-state index contributed by atoms with van der Waals surface area (Å²) in [6.45, 7) is 2.40. The van der Waals surface area contributed by atoms with Gasteiger partial charge < -0.3 is 14.5 Å². The molecule has 1 fully saturated rings. The molecule has 1 saturated heterocycles. The Bertz CT molecular complexity index is 822. The fraction of sp³-hybridized carbons (Fsp3) is 0.444. The Balaban J connectivity index is 1.43. The zero-order valence-corrected chi connectivity index (χ0v) is 15.2. The number of fused-ring (bicyclic) bond motifs is 1. The number of anilines is 1. The van der Waals surface area contributed by atoms with Crippen molar-refractivity contribution in [2.75, 3.05) is 31.1 Å². The molecule has 2 aliphatic rings. The Morgan fingerprint density at radius 2 is 2.11 bits per heavy atom. The van der Waals surface area contributed by atoms with E-state index in [4.69, 9.17) is 4.74 Å². The molecule has 4 heterocycles. The number of carbonyl (C=O) groups is 1. The van der Waals surface area contributed by atoms with Crippen LogP contribution < -0.4 is 4.90 Å². The van der Waals surface area contributed by atoms with E-state index in [0.717, 1.165) is 12.5 Å². The Labute approximate surface area is 158 Å². The molecule has 0 spiro atoms. The van der Waals surface area contributed by atoms with Crippen LogP contribution in [0, 0.1) is 0 Å². The zero-order valence-electron chi connectivity index (χ0n) is 14.4. The van der Waals surface area contributed by atoms with Gasteiger partial charge in [0.25, 0.3) is 5.91 Å². The number of morpholine rings is 1. The summed E-state index contributed by atoms with van der Waals surface area (Å²) in [5.41, 5.74) is 0.814. The maximum Gasteiger partial charge on any atom is 0.433 e. The number of thiophene rings is 1. The molecule has 0 aliphatic carbocycles. The van der Waals surface area contributed by atoms with Crippen LogP contribution in [0.4, 0.5) is 18.9 Å². The Kier molecular flexibility index (Phi) is 4.81. The minimum atomic E-state index is -4.46. The molecule has 1 amide bonds. The minimum absolute atomic E-state index is 0.0728. The van der Waals surface area contributed by atoms with Gasteiger partial charge in [0.05, 0.1) is 25.0 Å². The standard InChI is InChI=1S/C18H18F3N3O2S/c19-18(20,21)16-2-1-13(9-22-16)23-6-7-26-14(11-23)17(25)24-5-3-15-12(10-24)4-8-27-15/h1-2,4,8-9,14H,3,5-7,10-11H2. The van der Waals surface area contributed by atoms with Crippen LogP contribution in [0.2, 0.25) is 0 Å². The fourth-order valence-electron chi connectivity index (χ4n) is 3.41. The van der Waals surface area contributed by atoms with E-state index in [2.05, 4.69) is 4.98 Å². The Hall–Kier alpha value is -2.13. The zero-order chi connectivity index (χ0) is 19.0. The molecule has 5 nitrogen and oxygen atoms in total. The third kappa shape index (κ3) is 3.79. The molecule has 0 bridgehead atoms. The third-order valence-corrected chi connectivity index (χ3v) is 5.89. The highest BCUT2D eigenvalue weighted by Crippen LogP contribution is 2.29. The van der Waals surface area contributed by atoms with Gasteiger partial charge in [-0.25, -0.2) is 4.98 Å². The largest absolute Gasteiger partial charge is 0.433 e. The molecule has 1 unspecified atom stereocenters. The van der Waals surface area contributed by atoms with Crippen molar-refractivity contribution in [1.82, 2.24) is 9.88 Å². The number of aromatic nitrogens is 1. The lowest BCUT2D eigenvalue weighted by molar-refractivity contribution is -0.145. The molecule has 4 rings (SSSR count). The van der Waals surface area contributed by atoms with Crippen molar-refractivity contribution in [2.45, 2.75) is 25.2 Å². The number of halogens is 3. The number of pyridine rings is 1. The summed E-state index contributed by atoms with van der Waals surface area (Å²) in [7, 11) is 0. The average Bonchev–Trinajstić information content (AvgIpc) is 3.15. The first kappa shape index (κ1) is 18.2. The number of alkyl halides is 3. The van der Waals surface area contributed by atoms with E-state index >= 15 is 0 Å². The summed E-state index contributed by atoms with van der Waals surface area (Å²) >= 11 is 1.71. The molecule has 2 aromatic rings. The lowest BCUT2D eigenvalue weighted by Crippen LogP contribution is -2.52. The van der Waals surface area contributed by atoms with Gasteiger partial charge in [-0.2, -0.15) is 13.2 Å².